The maximum absolute atomic E-state index is 11.8. The molecule has 1 aliphatic heterocycles. The minimum atomic E-state index is -1.51. The van der Waals surface area contributed by atoms with E-state index in [1.807, 2.05) is 6.92 Å². The van der Waals surface area contributed by atoms with Crippen LogP contribution in [0.1, 0.15) is 12.5 Å². The number of nitrogens with zero attached hydrogens (tertiary/aromatic N) is 1. The van der Waals surface area contributed by atoms with Gasteiger partial charge < -0.3 is 25.4 Å². The first-order chi connectivity index (χ1) is 12.3. The molecule has 0 unspecified atom stereocenters. The highest BCUT2D eigenvalue weighted by atomic mass is 16.7. The first-order valence-corrected chi connectivity index (χ1v) is 7.85. The van der Waals surface area contributed by atoms with Crippen LogP contribution in [0.25, 0.3) is 0 Å². The largest absolute Gasteiger partial charge is 0.468 e. The number of aliphatic hydroxyl groups is 3. The molecule has 1 aromatic rings. The number of aryl methyl sites for hydroxylation is 1. The number of hydrogen-bond donors (Lipinski definition) is 5. The van der Waals surface area contributed by atoms with Gasteiger partial charge in [0.1, 0.15) is 18.2 Å². The number of carbonyl (C=O) groups excluding carboxylic acids is 2. The quantitative estimate of drug-likeness (QED) is 0.355. The van der Waals surface area contributed by atoms with Crippen molar-refractivity contribution in [3.05, 3.63) is 29.8 Å². The highest BCUT2D eigenvalue weighted by Gasteiger charge is 2.44. The summed E-state index contributed by atoms with van der Waals surface area (Å²) in [5.41, 5.74) is 1.49. The first kappa shape index (κ1) is 19.6. The van der Waals surface area contributed by atoms with Crippen LogP contribution in [-0.2, 0) is 14.4 Å². The minimum Gasteiger partial charge on any atom is -0.468 e. The van der Waals surface area contributed by atoms with Gasteiger partial charge in [0.15, 0.2) is 6.10 Å². The van der Waals surface area contributed by atoms with Gasteiger partial charge in [-0.2, -0.15) is 0 Å². The van der Waals surface area contributed by atoms with Crippen LogP contribution in [0.3, 0.4) is 0 Å². The maximum Gasteiger partial charge on any atom is 0.437 e. The molecule has 2 rings (SSSR count). The van der Waals surface area contributed by atoms with Gasteiger partial charge in [0.25, 0.3) is 5.90 Å². The number of carbonyl (C=O) groups is 2. The molecular formula is C16H21N3O7. The number of benzene rings is 1. The van der Waals surface area contributed by atoms with E-state index in [0.717, 1.165) is 5.56 Å². The fourth-order valence-electron chi connectivity index (χ4n) is 2.31. The Morgan fingerprint density at radius 3 is 2.46 bits per heavy atom. The number of oxime groups is 1. The molecule has 10 heteroatoms. The van der Waals surface area contributed by atoms with Gasteiger partial charge in [0, 0.05) is 12.6 Å². The van der Waals surface area contributed by atoms with E-state index < -0.39 is 43.0 Å². The highest BCUT2D eigenvalue weighted by Crippen LogP contribution is 2.18. The monoisotopic (exact) mass is 367 g/mol. The molecule has 1 aliphatic rings. The van der Waals surface area contributed by atoms with E-state index in [1.165, 1.54) is 6.92 Å². The Bertz CT molecular complexity index is 677. The normalized spacial score (nSPS) is 26.7. The van der Waals surface area contributed by atoms with E-state index >= 15 is 0 Å². The Morgan fingerprint density at radius 2 is 1.88 bits per heavy atom. The van der Waals surface area contributed by atoms with E-state index in [0.29, 0.717) is 5.69 Å². The lowest BCUT2D eigenvalue weighted by molar-refractivity contribution is -0.126. The number of nitrogens with one attached hydrogen (secondary N) is 2. The van der Waals surface area contributed by atoms with Gasteiger partial charge in [-0.25, -0.2) is 4.79 Å². The van der Waals surface area contributed by atoms with Crippen molar-refractivity contribution in [2.24, 2.45) is 5.16 Å². The molecule has 0 spiro atoms. The van der Waals surface area contributed by atoms with Crippen molar-refractivity contribution in [2.45, 2.75) is 38.2 Å². The van der Waals surface area contributed by atoms with Gasteiger partial charge in [-0.1, -0.05) is 17.7 Å². The molecule has 1 aromatic carbocycles. The summed E-state index contributed by atoms with van der Waals surface area (Å²) >= 11 is 0. The first-order valence-electron chi connectivity index (χ1n) is 7.85. The molecule has 0 aliphatic carbocycles. The fraction of sp³-hybridized carbons (Fsp3) is 0.438. The number of rotatable bonds is 4. The van der Waals surface area contributed by atoms with E-state index in [1.54, 1.807) is 24.3 Å². The molecule has 5 N–H and O–H groups in total. The van der Waals surface area contributed by atoms with Gasteiger partial charge in [0.05, 0.1) is 6.61 Å². The average molecular weight is 367 g/mol. The molecule has 0 radical (unpaired) electrons. The van der Waals surface area contributed by atoms with Crippen molar-refractivity contribution < 1.29 is 34.5 Å². The molecule has 0 saturated carbocycles. The number of ether oxygens (including phenoxy) is 1. The topological polar surface area (TPSA) is 150 Å². The smallest absolute Gasteiger partial charge is 0.437 e. The number of anilines is 1. The van der Waals surface area contributed by atoms with Crippen LogP contribution in [0.2, 0.25) is 0 Å². The van der Waals surface area contributed by atoms with Crippen molar-refractivity contribution in [2.75, 3.05) is 11.9 Å². The van der Waals surface area contributed by atoms with Crippen LogP contribution >= 0.6 is 0 Å². The standard InChI is InChI=1S/C16H21N3O7/c1-8-3-5-10(6-4-8)18-16(24)26-19-15-12(17-9(2)21)14(23)13(22)11(7-20)25-15/h3-6,11-14,20,22-23H,7H2,1-2H3,(H,17,21)(H,18,24)/b19-15-/t11-,12-,13-,14-/m1/s1. The Labute approximate surface area is 149 Å². The summed E-state index contributed by atoms with van der Waals surface area (Å²) in [4.78, 5) is 27.8. The van der Waals surface area contributed by atoms with Crippen molar-refractivity contribution in [1.29, 1.82) is 0 Å². The average Bonchev–Trinajstić information content (AvgIpc) is 2.60. The number of amides is 2. The Morgan fingerprint density at radius 1 is 1.23 bits per heavy atom. The van der Waals surface area contributed by atoms with E-state index in [2.05, 4.69) is 15.8 Å². The molecule has 1 saturated heterocycles. The lowest BCUT2D eigenvalue weighted by Crippen LogP contribution is -2.62. The number of hydrogen-bond acceptors (Lipinski definition) is 8. The highest BCUT2D eigenvalue weighted by molar-refractivity contribution is 5.89. The Hall–Kier alpha value is -2.69. The van der Waals surface area contributed by atoms with E-state index in [9.17, 15) is 24.9 Å². The van der Waals surface area contributed by atoms with E-state index in [4.69, 9.17) is 9.57 Å². The lowest BCUT2D eigenvalue weighted by Gasteiger charge is -2.37. The summed E-state index contributed by atoms with van der Waals surface area (Å²) in [7, 11) is 0. The third-order valence-corrected chi connectivity index (χ3v) is 3.67. The van der Waals surface area contributed by atoms with Crippen LogP contribution in [0.15, 0.2) is 29.4 Å². The summed E-state index contributed by atoms with van der Waals surface area (Å²) in [5.74, 6) is -0.875. The zero-order valence-electron chi connectivity index (χ0n) is 14.2. The third-order valence-electron chi connectivity index (χ3n) is 3.67. The van der Waals surface area contributed by atoms with Crippen LogP contribution in [0, 0.1) is 6.92 Å². The molecule has 4 atom stereocenters. The van der Waals surface area contributed by atoms with Gasteiger partial charge in [-0.15, -0.1) is 0 Å². The van der Waals surface area contributed by atoms with Crippen LogP contribution in [0.5, 0.6) is 0 Å². The summed E-state index contributed by atoms with van der Waals surface area (Å²) in [6.07, 6.45) is -5.07. The summed E-state index contributed by atoms with van der Waals surface area (Å²) in [6, 6.07) is 5.69. The van der Waals surface area contributed by atoms with Gasteiger partial charge >= 0.3 is 6.09 Å². The van der Waals surface area contributed by atoms with Crippen molar-refractivity contribution in [1.82, 2.24) is 5.32 Å². The lowest BCUT2D eigenvalue weighted by atomic mass is 9.97. The predicted octanol–water partition coefficient (Wildman–Crippen LogP) is -0.525. The maximum atomic E-state index is 11.8. The van der Waals surface area contributed by atoms with Gasteiger partial charge in [-0.3, -0.25) is 14.9 Å². The summed E-state index contributed by atoms with van der Waals surface area (Å²) < 4.78 is 5.22. The van der Waals surface area contributed by atoms with Gasteiger partial charge in [0.2, 0.25) is 5.91 Å². The summed E-state index contributed by atoms with van der Waals surface area (Å²) in [5, 5.41) is 37.4. The zero-order chi connectivity index (χ0) is 19.3. The second-order valence-corrected chi connectivity index (χ2v) is 5.80. The van der Waals surface area contributed by atoms with Crippen LogP contribution in [0.4, 0.5) is 10.5 Å². The molecule has 142 valence electrons. The predicted molar refractivity (Wildman–Crippen MR) is 90.3 cm³/mol. The fourth-order valence-corrected chi connectivity index (χ4v) is 2.31. The molecule has 0 bridgehead atoms. The second-order valence-electron chi connectivity index (χ2n) is 5.80. The Balaban J connectivity index is 2.09. The SMILES string of the molecule is CC(=O)N[C@H]1/C(=N/OC(=O)Nc2ccc(C)cc2)O[C@H](CO)[C@@H](O)[C@@H]1O. The van der Waals surface area contributed by atoms with Crippen molar-refractivity contribution in [3.8, 4) is 0 Å². The molecular weight excluding hydrogens is 346 g/mol. The molecule has 1 fully saturated rings. The molecule has 1 heterocycles. The third kappa shape index (κ3) is 4.91. The zero-order valence-corrected chi connectivity index (χ0v) is 14.2. The minimum absolute atomic E-state index is 0.351. The molecule has 10 nitrogen and oxygen atoms in total. The second kappa shape index (κ2) is 8.61. The van der Waals surface area contributed by atoms with Crippen molar-refractivity contribution in [3.63, 3.8) is 0 Å². The Kier molecular flexibility index (Phi) is 6.50. The number of aliphatic hydroxyl groups excluding tert-OH is 3. The molecule has 2 amide bonds. The van der Waals surface area contributed by atoms with Crippen molar-refractivity contribution >= 4 is 23.6 Å². The van der Waals surface area contributed by atoms with Crippen LogP contribution in [-0.4, -0.2) is 64.2 Å². The molecule has 26 heavy (non-hydrogen) atoms. The summed E-state index contributed by atoms with van der Waals surface area (Å²) in [6.45, 7) is 2.48. The van der Waals surface area contributed by atoms with E-state index in [-0.39, 0.29) is 5.90 Å². The molecule has 0 aromatic heterocycles. The van der Waals surface area contributed by atoms with Crippen LogP contribution < -0.4 is 10.6 Å². The van der Waals surface area contributed by atoms with Gasteiger partial charge in [-0.05, 0) is 24.2 Å².